The Kier molecular flexibility index (Phi) is 4.70. The predicted octanol–water partition coefficient (Wildman–Crippen LogP) is 2.87. The first kappa shape index (κ1) is 15.9. The molecule has 0 bridgehead atoms. The SMILES string of the molecule is Cc1nn(Cc2ccccc2)c(C)c1CNC(=O)c1ccccn1. The number of carbonyl (C=O) groups is 1. The zero-order valence-corrected chi connectivity index (χ0v) is 13.9. The van der Waals surface area contributed by atoms with E-state index in [1.807, 2.05) is 36.7 Å². The maximum Gasteiger partial charge on any atom is 0.270 e. The average molecular weight is 320 g/mol. The summed E-state index contributed by atoms with van der Waals surface area (Å²) >= 11 is 0. The zero-order valence-electron chi connectivity index (χ0n) is 13.9. The van der Waals surface area contributed by atoms with E-state index in [2.05, 4.69) is 27.5 Å². The minimum Gasteiger partial charge on any atom is -0.346 e. The van der Waals surface area contributed by atoms with Crippen LogP contribution in [0.2, 0.25) is 0 Å². The molecule has 0 aliphatic rings. The molecule has 1 N–H and O–H groups in total. The summed E-state index contributed by atoms with van der Waals surface area (Å²) in [4.78, 5) is 16.2. The van der Waals surface area contributed by atoms with Gasteiger partial charge in [-0.15, -0.1) is 0 Å². The van der Waals surface area contributed by atoms with E-state index in [9.17, 15) is 4.79 Å². The Morgan fingerprint density at radius 2 is 1.83 bits per heavy atom. The minimum atomic E-state index is -0.176. The second-order valence-corrected chi connectivity index (χ2v) is 5.69. The molecule has 3 rings (SSSR count). The topological polar surface area (TPSA) is 59.8 Å². The van der Waals surface area contributed by atoms with Crippen LogP contribution >= 0.6 is 0 Å². The number of amides is 1. The molecule has 0 radical (unpaired) electrons. The lowest BCUT2D eigenvalue weighted by molar-refractivity contribution is 0.0946. The lowest BCUT2D eigenvalue weighted by atomic mass is 10.2. The average Bonchev–Trinajstić information content (AvgIpc) is 2.88. The first-order valence-electron chi connectivity index (χ1n) is 7.91. The second kappa shape index (κ2) is 7.08. The van der Waals surface area contributed by atoms with Gasteiger partial charge >= 0.3 is 0 Å². The number of aromatic nitrogens is 3. The van der Waals surface area contributed by atoms with E-state index in [0.717, 1.165) is 23.5 Å². The zero-order chi connectivity index (χ0) is 16.9. The van der Waals surface area contributed by atoms with Gasteiger partial charge in [-0.2, -0.15) is 5.10 Å². The first-order chi connectivity index (χ1) is 11.6. The van der Waals surface area contributed by atoms with Gasteiger partial charge in [0.2, 0.25) is 0 Å². The summed E-state index contributed by atoms with van der Waals surface area (Å²) in [6.45, 7) is 5.17. The Balaban J connectivity index is 1.71. The second-order valence-electron chi connectivity index (χ2n) is 5.69. The van der Waals surface area contributed by atoms with Crippen LogP contribution in [0.25, 0.3) is 0 Å². The number of rotatable bonds is 5. The third-order valence-corrected chi connectivity index (χ3v) is 4.03. The molecule has 1 aromatic carbocycles. The fourth-order valence-electron chi connectivity index (χ4n) is 2.66. The lowest BCUT2D eigenvalue weighted by Gasteiger charge is -2.07. The van der Waals surface area contributed by atoms with Crippen LogP contribution < -0.4 is 5.32 Å². The molecule has 5 nitrogen and oxygen atoms in total. The van der Waals surface area contributed by atoms with Crippen LogP contribution in [0.3, 0.4) is 0 Å². The summed E-state index contributed by atoms with van der Waals surface area (Å²) in [5, 5.41) is 7.53. The van der Waals surface area contributed by atoms with E-state index >= 15 is 0 Å². The highest BCUT2D eigenvalue weighted by Crippen LogP contribution is 2.15. The molecular weight excluding hydrogens is 300 g/mol. The van der Waals surface area contributed by atoms with E-state index in [1.54, 1.807) is 24.4 Å². The summed E-state index contributed by atoms with van der Waals surface area (Å²) in [5.74, 6) is -0.176. The summed E-state index contributed by atoms with van der Waals surface area (Å²) in [7, 11) is 0. The first-order valence-corrected chi connectivity index (χ1v) is 7.91. The number of nitrogens with zero attached hydrogens (tertiary/aromatic N) is 3. The third kappa shape index (κ3) is 3.51. The molecule has 0 saturated carbocycles. The highest BCUT2D eigenvalue weighted by atomic mass is 16.1. The molecule has 0 aliphatic carbocycles. The molecule has 3 aromatic rings. The molecule has 1 amide bonds. The molecule has 0 spiro atoms. The number of aryl methyl sites for hydroxylation is 1. The molecule has 2 aromatic heterocycles. The smallest absolute Gasteiger partial charge is 0.270 e. The van der Waals surface area contributed by atoms with Crippen LogP contribution in [0.15, 0.2) is 54.7 Å². The van der Waals surface area contributed by atoms with Crippen LogP contribution in [0, 0.1) is 13.8 Å². The summed E-state index contributed by atoms with van der Waals surface area (Å²) < 4.78 is 1.98. The highest BCUT2D eigenvalue weighted by Gasteiger charge is 2.13. The summed E-state index contributed by atoms with van der Waals surface area (Å²) in [6, 6.07) is 15.5. The Hall–Kier alpha value is -2.95. The maximum absolute atomic E-state index is 12.1. The fraction of sp³-hybridized carbons (Fsp3) is 0.211. The van der Waals surface area contributed by atoms with Gasteiger partial charge in [-0.05, 0) is 31.5 Å². The molecule has 122 valence electrons. The van der Waals surface area contributed by atoms with Gasteiger partial charge in [-0.25, -0.2) is 0 Å². The van der Waals surface area contributed by atoms with Crippen LogP contribution in [0.4, 0.5) is 0 Å². The van der Waals surface area contributed by atoms with Gasteiger partial charge in [0.15, 0.2) is 0 Å². The largest absolute Gasteiger partial charge is 0.346 e. The Morgan fingerprint density at radius 1 is 1.08 bits per heavy atom. The molecule has 0 aliphatic heterocycles. The molecule has 0 fully saturated rings. The standard InChI is InChI=1S/C19H20N4O/c1-14-17(12-21-19(24)18-10-6-7-11-20-18)15(2)23(22-14)13-16-8-4-3-5-9-16/h3-11H,12-13H2,1-2H3,(H,21,24). The van der Waals surface area contributed by atoms with Gasteiger partial charge in [0.05, 0.1) is 12.2 Å². The van der Waals surface area contributed by atoms with Gasteiger partial charge in [0, 0.05) is 24.0 Å². The van der Waals surface area contributed by atoms with Crippen molar-refractivity contribution in [3.63, 3.8) is 0 Å². The van der Waals surface area contributed by atoms with Crippen molar-refractivity contribution in [2.45, 2.75) is 26.9 Å². The number of hydrogen-bond acceptors (Lipinski definition) is 3. The van der Waals surface area contributed by atoms with E-state index in [-0.39, 0.29) is 5.91 Å². The van der Waals surface area contributed by atoms with E-state index in [4.69, 9.17) is 0 Å². The normalized spacial score (nSPS) is 10.6. The van der Waals surface area contributed by atoms with E-state index in [0.29, 0.717) is 12.2 Å². The van der Waals surface area contributed by atoms with Gasteiger partial charge in [-0.1, -0.05) is 36.4 Å². The Labute approximate surface area is 141 Å². The van der Waals surface area contributed by atoms with Crippen molar-refractivity contribution in [1.29, 1.82) is 0 Å². The molecule has 24 heavy (non-hydrogen) atoms. The van der Waals surface area contributed by atoms with Crippen molar-refractivity contribution in [3.05, 3.63) is 82.9 Å². The van der Waals surface area contributed by atoms with E-state index in [1.165, 1.54) is 5.56 Å². The van der Waals surface area contributed by atoms with Crippen molar-refractivity contribution < 1.29 is 4.79 Å². The predicted molar refractivity (Wildman–Crippen MR) is 92.7 cm³/mol. The van der Waals surface area contributed by atoms with E-state index < -0.39 is 0 Å². The van der Waals surface area contributed by atoms with Crippen LogP contribution in [-0.2, 0) is 13.1 Å². The number of pyridine rings is 1. The molecule has 2 heterocycles. The monoisotopic (exact) mass is 320 g/mol. The van der Waals surface area contributed by atoms with Crippen molar-refractivity contribution >= 4 is 5.91 Å². The molecule has 0 saturated heterocycles. The number of carbonyl (C=O) groups excluding carboxylic acids is 1. The third-order valence-electron chi connectivity index (χ3n) is 4.03. The molecule has 0 unspecified atom stereocenters. The van der Waals surface area contributed by atoms with Gasteiger partial charge in [-0.3, -0.25) is 14.5 Å². The summed E-state index contributed by atoms with van der Waals surface area (Å²) in [6.07, 6.45) is 1.61. The van der Waals surface area contributed by atoms with Crippen LogP contribution in [-0.4, -0.2) is 20.7 Å². The van der Waals surface area contributed by atoms with Crippen molar-refractivity contribution in [2.75, 3.05) is 0 Å². The molecule has 5 heteroatoms. The minimum absolute atomic E-state index is 0.176. The van der Waals surface area contributed by atoms with Gasteiger partial charge < -0.3 is 5.32 Å². The summed E-state index contributed by atoms with van der Waals surface area (Å²) in [5.41, 5.74) is 4.68. The van der Waals surface area contributed by atoms with Crippen LogP contribution in [0.1, 0.15) is 33.0 Å². The number of benzene rings is 1. The fourth-order valence-corrected chi connectivity index (χ4v) is 2.66. The Morgan fingerprint density at radius 3 is 2.54 bits per heavy atom. The quantitative estimate of drug-likeness (QED) is 0.786. The Bertz CT molecular complexity index is 825. The van der Waals surface area contributed by atoms with Crippen molar-refractivity contribution in [2.24, 2.45) is 0 Å². The lowest BCUT2D eigenvalue weighted by Crippen LogP contribution is -2.24. The van der Waals surface area contributed by atoms with Gasteiger partial charge in [0.1, 0.15) is 5.69 Å². The number of nitrogens with one attached hydrogen (secondary N) is 1. The maximum atomic E-state index is 12.1. The molecule has 0 atom stereocenters. The highest BCUT2D eigenvalue weighted by molar-refractivity contribution is 5.92. The van der Waals surface area contributed by atoms with Crippen molar-refractivity contribution in [3.8, 4) is 0 Å². The van der Waals surface area contributed by atoms with Crippen LogP contribution in [0.5, 0.6) is 0 Å². The molecular formula is C19H20N4O. The number of hydrogen-bond donors (Lipinski definition) is 1. The van der Waals surface area contributed by atoms with Gasteiger partial charge in [0.25, 0.3) is 5.91 Å². The van der Waals surface area contributed by atoms with Crippen molar-refractivity contribution in [1.82, 2.24) is 20.1 Å².